The quantitative estimate of drug-likeness (QED) is 0.268. The number of hydrogen-bond donors (Lipinski definition) is 0. The first kappa shape index (κ1) is 25.7. The zero-order valence-corrected chi connectivity index (χ0v) is 23.0. The topological polar surface area (TPSA) is 114 Å². The van der Waals surface area contributed by atoms with E-state index in [4.69, 9.17) is 5.10 Å². The Hall–Kier alpha value is -5.27. The largest absolute Gasteiger partial charge is 0.301 e. The number of likely N-dealkylation sites (tertiary alicyclic amines) is 1. The number of nitrogens with zero attached hydrogens (tertiary/aromatic N) is 10. The first-order valence-corrected chi connectivity index (χ1v) is 14.1. The van der Waals surface area contributed by atoms with Gasteiger partial charge in [0.1, 0.15) is 0 Å². The Kier molecular flexibility index (Phi) is 6.92. The van der Waals surface area contributed by atoms with Gasteiger partial charge in [-0.25, -0.2) is 9.97 Å². The van der Waals surface area contributed by atoms with Crippen LogP contribution in [0.4, 0.5) is 0 Å². The van der Waals surface area contributed by atoms with Crippen molar-refractivity contribution in [2.45, 2.75) is 25.8 Å². The lowest BCUT2D eigenvalue weighted by atomic mass is 10.1. The van der Waals surface area contributed by atoms with Gasteiger partial charge in [-0.3, -0.25) is 4.68 Å². The van der Waals surface area contributed by atoms with Crippen molar-refractivity contribution in [2.24, 2.45) is 0 Å². The van der Waals surface area contributed by atoms with Gasteiger partial charge in [-0.1, -0.05) is 30.3 Å². The minimum Gasteiger partial charge on any atom is -0.301 e. The summed E-state index contributed by atoms with van der Waals surface area (Å²) in [7, 11) is 0. The summed E-state index contributed by atoms with van der Waals surface area (Å²) in [4.78, 5) is 11.8. The summed E-state index contributed by atoms with van der Waals surface area (Å²) in [5.41, 5.74) is 6.81. The molecule has 0 bridgehead atoms. The van der Waals surface area contributed by atoms with E-state index in [2.05, 4.69) is 54.6 Å². The second-order valence-electron chi connectivity index (χ2n) is 10.5. The van der Waals surface area contributed by atoms with Crippen LogP contribution in [0.3, 0.4) is 0 Å². The van der Waals surface area contributed by atoms with E-state index < -0.39 is 0 Å². The lowest BCUT2D eigenvalue weighted by molar-refractivity contribution is 0.316. The maximum absolute atomic E-state index is 9.27. The number of aromatic nitrogens is 8. The summed E-state index contributed by atoms with van der Waals surface area (Å²) >= 11 is 0. The first-order valence-electron chi connectivity index (χ1n) is 14.1. The molecule has 2 aromatic carbocycles. The van der Waals surface area contributed by atoms with Gasteiger partial charge in [0, 0.05) is 53.8 Å². The molecule has 0 saturated carbocycles. The van der Waals surface area contributed by atoms with Crippen LogP contribution in [0.25, 0.3) is 39.4 Å². The summed E-state index contributed by atoms with van der Waals surface area (Å²) in [5.74, 6) is 1.38. The van der Waals surface area contributed by atoms with Gasteiger partial charge in [-0.2, -0.15) is 20.0 Å². The van der Waals surface area contributed by atoms with E-state index in [1.807, 2.05) is 65.7 Å². The molecule has 0 atom stereocenters. The fourth-order valence-electron chi connectivity index (χ4n) is 5.36. The fraction of sp³-hybridized carbons (Fsp3) is 0.219. The van der Waals surface area contributed by atoms with E-state index in [1.54, 1.807) is 10.6 Å². The lowest BCUT2D eigenvalue weighted by Crippen LogP contribution is -2.24. The van der Waals surface area contributed by atoms with Crippen molar-refractivity contribution >= 4 is 5.65 Å². The van der Waals surface area contributed by atoms with Gasteiger partial charge in [0.2, 0.25) is 0 Å². The number of fused-ring (bicyclic) bond motifs is 1. The molecule has 5 heterocycles. The van der Waals surface area contributed by atoms with E-state index in [0.717, 1.165) is 52.4 Å². The van der Waals surface area contributed by atoms with Crippen LogP contribution >= 0.6 is 0 Å². The molecule has 10 heteroatoms. The lowest BCUT2D eigenvalue weighted by Gasteiger charge is -2.13. The number of hydrogen-bond acceptors (Lipinski definition) is 8. The molecule has 1 saturated heterocycles. The zero-order chi connectivity index (χ0) is 28.3. The third-order valence-electron chi connectivity index (χ3n) is 7.62. The summed E-state index contributed by atoms with van der Waals surface area (Å²) < 4.78 is 3.76. The maximum Gasteiger partial charge on any atom is 0.177 e. The molecule has 206 valence electrons. The third kappa shape index (κ3) is 5.38. The minimum atomic E-state index is 0.540. The number of benzene rings is 2. The van der Waals surface area contributed by atoms with Crippen molar-refractivity contribution < 1.29 is 0 Å². The summed E-state index contributed by atoms with van der Waals surface area (Å²) in [5, 5.41) is 27.3. The number of nitriles is 1. The van der Waals surface area contributed by atoms with Crippen LogP contribution in [-0.2, 0) is 13.0 Å². The maximum atomic E-state index is 9.27. The molecular weight excluding hydrogens is 524 g/mol. The van der Waals surface area contributed by atoms with Crippen LogP contribution < -0.4 is 0 Å². The molecule has 1 aliphatic heterocycles. The van der Waals surface area contributed by atoms with Crippen molar-refractivity contribution in [1.82, 2.24) is 44.5 Å². The van der Waals surface area contributed by atoms with E-state index in [-0.39, 0.29) is 0 Å². The van der Waals surface area contributed by atoms with Crippen molar-refractivity contribution in [1.29, 1.82) is 5.26 Å². The molecule has 6 aromatic rings. The van der Waals surface area contributed by atoms with Crippen LogP contribution in [-0.4, -0.2) is 64.1 Å². The Balaban J connectivity index is 1.07. The zero-order valence-electron chi connectivity index (χ0n) is 23.0. The number of rotatable bonds is 8. The van der Waals surface area contributed by atoms with Crippen LogP contribution in [0.1, 0.15) is 29.8 Å². The van der Waals surface area contributed by atoms with Gasteiger partial charge < -0.3 is 4.90 Å². The van der Waals surface area contributed by atoms with E-state index in [9.17, 15) is 5.26 Å². The highest BCUT2D eigenvalue weighted by Crippen LogP contribution is 2.23. The molecule has 4 aromatic heterocycles. The smallest absolute Gasteiger partial charge is 0.177 e. The molecule has 0 unspecified atom stereocenters. The summed E-state index contributed by atoms with van der Waals surface area (Å²) in [6.45, 7) is 4.30. The third-order valence-corrected chi connectivity index (χ3v) is 7.62. The highest BCUT2D eigenvalue weighted by molar-refractivity contribution is 5.64. The van der Waals surface area contributed by atoms with Crippen LogP contribution in [0.5, 0.6) is 0 Å². The Morgan fingerprint density at radius 1 is 0.786 bits per heavy atom. The Morgan fingerprint density at radius 2 is 1.62 bits per heavy atom. The van der Waals surface area contributed by atoms with E-state index >= 15 is 0 Å². The van der Waals surface area contributed by atoms with Gasteiger partial charge in [0.25, 0.3) is 0 Å². The predicted octanol–water partition coefficient (Wildman–Crippen LogP) is 4.67. The van der Waals surface area contributed by atoms with Gasteiger partial charge in [0.05, 0.1) is 30.1 Å². The predicted molar refractivity (Wildman–Crippen MR) is 158 cm³/mol. The second-order valence-corrected chi connectivity index (χ2v) is 10.5. The van der Waals surface area contributed by atoms with Crippen LogP contribution in [0, 0.1) is 11.3 Å². The van der Waals surface area contributed by atoms with Gasteiger partial charge in [-0.05, 0) is 61.8 Å². The summed E-state index contributed by atoms with van der Waals surface area (Å²) in [6, 6.07) is 21.5. The van der Waals surface area contributed by atoms with Gasteiger partial charge in [0.15, 0.2) is 17.3 Å². The van der Waals surface area contributed by atoms with Crippen molar-refractivity contribution in [2.75, 3.05) is 19.6 Å². The Bertz CT molecular complexity index is 1890. The Labute approximate surface area is 242 Å². The monoisotopic (exact) mass is 552 g/mol. The normalized spacial score (nSPS) is 13.5. The molecule has 1 aliphatic rings. The SMILES string of the molecule is N#Cc1cccc(-c2ccc3nnc(Cc4cccc(-c5ncc(-c6cnn(CCN7CCCC7)c6)cn5)c4)n3n2)c1. The molecule has 10 nitrogen and oxygen atoms in total. The molecule has 0 amide bonds. The second kappa shape index (κ2) is 11.3. The van der Waals surface area contributed by atoms with Crippen molar-refractivity contribution in [3.8, 4) is 39.8 Å². The molecule has 1 fully saturated rings. The van der Waals surface area contributed by atoms with Crippen molar-refractivity contribution in [3.63, 3.8) is 0 Å². The molecule has 42 heavy (non-hydrogen) atoms. The average molecular weight is 553 g/mol. The minimum absolute atomic E-state index is 0.540. The molecular formula is C32H28N10. The highest BCUT2D eigenvalue weighted by atomic mass is 15.4. The Morgan fingerprint density at radius 3 is 2.48 bits per heavy atom. The highest BCUT2D eigenvalue weighted by Gasteiger charge is 2.13. The molecule has 0 spiro atoms. The standard InChI is InChI=1S/C32H28N10/c33-18-24-6-4-7-25(16-24)29-9-10-30-37-38-31(42(30)39-29)17-23-5-3-8-26(15-23)32-34-19-27(20-35-32)28-21-36-41(22-28)14-13-40-11-1-2-12-40/h3-10,15-16,19-22H,1-2,11-14,17H2. The van der Waals surface area contributed by atoms with Crippen LogP contribution in [0.2, 0.25) is 0 Å². The van der Waals surface area contributed by atoms with Crippen LogP contribution in [0.15, 0.2) is 85.5 Å². The van der Waals surface area contributed by atoms with E-state index in [0.29, 0.717) is 23.5 Å². The molecule has 7 rings (SSSR count). The van der Waals surface area contributed by atoms with Crippen molar-refractivity contribution in [3.05, 3.63) is 102 Å². The molecule has 0 aliphatic carbocycles. The average Bonchev–Trinajstić information content (AvgIpc) is 3.82. The van der Waals surface area contributed by atoms with Gasteiger partial charge in [-0.15, -0.1) is 10.2 Å². The molecule has 0 radical (unpaired) electrons. The summed E-state index contributed by atoms with van der Waals surface area (Å²) in [6.07, 6.45) is 10.8. The molecule has 0 N–H and O–H groups in total. The fourth-order valence-corrected chi connectivity index (χ4v) is 5.36. The van der Waals surface area contributed by atoms with E-state index in [1.165, 1.54) is 25.9 Å². The van der Waals surface area contributed by atoms with Gasteiger partial charge >= 0.3 is 0 Å². The first-order chi connectivity index (χ1) is 20.7.